The van der Waals surface area contributed by atoms with E-state index in [2.05, 4.69) is 10.3 Å². The van der Waals surface area contributed by atoms with Crippen molar-refractivity contribution >= 4 is 23.3 Å². The van der Waals surface area contributed by atoms with Crippen molar-refractivity contribution in [3.63, 3.8) is 0 Å². The number of carboxylic acid groups (broad SMARTS) is 1. The summed E-state index contributed by atoms with van der Waals surface area (Å²) in [6, 6.07) is -1.86. The van der Waals surface area contributed by atoms with Crippen molar-refractivity contribution in [1.29, 1.82) is 0 Å². The summed E-state index contributed by atoms with van der Waals surface area (Å²) in [6.07, 6.45) is 0. The molecule has 2 amide bonds. The molecule has 1 atom stereocenters. The second-order valence-corrected chi connectivity index (χ2v) is 4.80. The molecule has 18 heavy (non-hydrogen) atoms. The summed E-state index contributed by atoms with van der Waals surface area (Å²) in [5.74, 6) is -1.27. The number of hydrogen-bond donors (Lipinski definition) is 3. The van der Waals surface area contributed by atoms with Gasteiger partial charge in [-0.2, -0.15) is 0 Å². The molecule has 0 aliphatic carbocycles. The summed E-state index contributed by atoms with van der Waals surface area (Å²) < 4.78 is 0. The van der Waals surface area contributed by atoms with Gasteiger partial charge in [0.2, 0.25) is 0 Å². The minimum Gasteiger partial charge on any atom is -0.480 e. The largest absolute Gasteiger partial charge is 0.480 e. The number of aryl methyl sites for hydroxylation is 1. The Balaban J connectivity index is 2.53. The van der Waals surface area contributed by atoms with Crippen molar-refractivity contribution < 1.29 is 19.8 Å². The predicted molar refractivity (Wildman–Crippen MR) is 65.4 cm³/mol. The molecule has 0 radical (unpaired) electrons. The molecule has 0 saturated carbocycles. The Kier molecular flexibility index (Phi) is 5.05. The summed E-state index contributed by atoms with van der Waals surface area (Å²) in [5.41, 5.74) is 0.742. The van der Waals surface area contributed by atoms with Crippen molar-refractivity contribution in [1.82, 2.24) is 15.2 Å². The van der Waals surface area contributed by atoms with Gasteiger partial charge in [0, 0.05) is 12.4 Å². The quantitative estimate of drug-likeness (QED) is 0.703. The molecule has 1 heterocycles. The number of aliphatic hydroxyl groups excluding tert-OH is 1. The fourth-order valence-corrected chi connectivity index (χ4v) is 1.84. The van der Waals surface area contributed by atoms with Crippen molar-refractivity contribution in [2.45, 2.75) is 19.5 Å². The van der Waals surface area contributed by atoms with Gasteiger partial charge in [0.05, 0.1) is 23.9 Å². The topological polar surface area (TPSA) is 103 Å². The maximum absolute atomic E-state index is 11.6. The number of aromatic nitrogens is 1. The maximum Gasteiger partial charge on any atom is 0.328 e. The highest BCUT2D eigenvalue weighted by Gasteiger charge is 2.21. The summed E-state index contributed by atoms with van der Waals surface area (Å²) in [7, 11) is 1.53. The third-order valence-corrected chi connectivity index (χ3v) is 3.01. The smallest absolute Gasteiger partial charge is 0.328 e. The number of aliphatic carboxylic acids is 1. The Labute approximate surface area is 108 Å². The highest BCUT2D eigenvalue weighted by atomic mass is 32.1. The number of hydrogen-bond acceptors (Lipinski definition) is 5. The fourth-order valence-electron chi connectivity index (χ4n) is 1.24. The molecular weight excluding hydrogens is 258 g/mol. The number of carboxylic acids is 1. The van der Waals surface area contributed by atoms with Crippen LogP contribution in [-0.2, 0) is 11.3 Å². The lowest BCUT2D eigenvalue weighted by Crippen LogP contribution is -2.48. The van der Waals surface area contributed by atoms with E-state index in [1.165, 1.54) is 23.3 Å². The van der Waals surface area contributed by atoms with Crippen molar-refractivity contribution in [3.05, 3.63) is 16.1 Å². The van der Waals surface area contributed by atoms with Gasteiger partial charge in [-0.05, 0) is 6.92 Å². The van der Waals surface area contributed by atoms with Gasteiger partial charge in [-0.15, -0.1) is 11.3 Å². The Morgan fingerprint density at radius 2 is 2.28 bits per heavy atom. The number of carbonyl (C=O) groups excluding carboxylic acids is 1. The molecule has 3 N–H and O–H groups in total. The average Bonchev–Trinajstić information content (AvgIpc) is 2.70. The predicted octanol–water partition coefficient (Wildman–Crippen LogP) is 0.0384. The van der Waals surface area contributed by atoms with Crippen LogP contribution >= 0.6 is 11.3 Å². The van der Waals surface area contributed by atoms with Crippen LogP contribution in [0.15, 0.2) is 5.38 Å². The molecule has 0 aliphatic heterocycles. The van der Waals surface area contributed by atoms with E-state index >= 15 is 0 Å². The highest BCUT2D eigenvalue weighted by Crippen LogP contribution is 2.09. The van der Waals surface area contributed by atoms with Crippen molar-refractivity contribution in [3.8, 4) is 0 Å². The van der Waals surface area contributed by atoms with Gasteiger partial charge in [0.25, 0.3) is 0 Å². The summed E-state index contributed by atoms with van der Waals surface area (Å²) in [4.78, 5) is 27.8. The number of aliphatic hydroxyl groups is 1. The first-order valence-electron chi connectivity index (χ1n) is 5.20. The van der Waals surface area contributed by atoms with E-state index < -0.39 is 24.6 Å². The number of nitrogens with zero attached hydrogens (tertiary/aromatic N) is 2. The zero-order valence-corrected chi connectivity index (χ0v) is 10.9. The van der Waals surface area contributed by atoms with E-state index in [0.717, 1.165) is 10.7 Å². The number of thiazole rings is 1. The molecule has 0 aliphatic rings. The molecule has 1 rings (SSSR count). The van der Waals surface area contributed by atoms with Crippen LogP contribution < -0.4 is 5.32 Å². The Morgan fingerprint density at radius 3 is 2.72 bits per heavy atom. The lowest BCUT2D eigenvalue weighted by molar-refractivity contribution is -0.140. The number of nitrogens with one attached hydrogen (secondary N) is 1. The second kappa shape index (κ2) is 6.31. The van der Waals surface area contributed by atoms with Crippen LogP contribution in [0.5, 0.6) is 0 Å². The van der Waals surface area contributed by atoms with Crippen molar-refractivity contribution in [2.24, 2.45) is 0 Å². The Bertz CT molecular complexity index is 435. The first-order chi connectivity index (χ1) is 8.43. The molecule has 1 aromatic heterocycles. The summed E-state index contributed by atoms with van der Waals surface area (Å²) in [6.45, 7) is 1.50. The zero-order valence-electron chi connectivity index (χ0n) is 10.1. The Morgan fingerprint density at radius 1 is 1.61 bits per heavy atom. The van der Waals surface area contributed by atoms with Crippen LogP contribution in [0.4, 0.5) is 4.79 Å². The summed E-state index contributed by atoms with van der Waals surface area (Å²) >= 11 is 1.48. The Hall–Kier alpha value is -1.67. The van der Waals surface area contributed by atoms with Gasteiger partial charge in [0.1, 0.15) is 0 Å². The van der Waals surface area contributed by atoms with Gasteiger partial charge in [-0.25, -0.2) is 14.6 Å². The lowest BCUT2D eigenvalue weighted by Gasteiger charge is -2.19. The van der Waals surface area contributed by atoms with Crippen LogP contribution in [0.1, 0.15) is 10.7 Å². The molecule has 8 heteroatoms. The van der Waals surface area contributed by atoms with E-state index in [-0.39, 0.29) is 6.54 Å². The van der Waals surface area contributed by atoms with Gasteiger partial charge in [0.15, 0.2) is 6.04 Å². The van der Waals surface area contributed by atoms with Crippen LogP contribution in [0.25, 0.3) is 0 Å². The van der Waals surface area contributed by atoms with Crippen LogP contribution in [0, 0.1) is 6.92 Å². The average molecular weight is 273 g/mol. The van der Waals surface area contributed by atoms with Gasteiger partial charge < -0.3 is 20.4 Å². The SMILES string of the molecule is Cc1nc(CN(C)C(=O)NC(CO)C(=O)O)cs1. The van der Waals surface area contributed by atoms with Gasteiger partial charge in [-0.3, -0.25) is 0 Å². The van der Waals surface area contributed by atoms with Crippen LogP contribution in [0.3, 0.4) is 0 Å². The van der Waals surface area contributed by atoms with E-state index in [1.807, 2.05) is 12.3 Å². The molecule has 7 nitrogen and oxygen atoms in total. The minimum atomic E-state index is -1.29. The number of rotatable bonds is 5. The first-order valence-corrected chi connectivity index (χ1v) is 6.08. The van der Waals surface area contributed by atoms with E-state index in [9.17, 15) is 9.59 Å². The van der Waals surface area contributed by atoms with E-state index in [1.54, 1.807) is 0 Å². The first kappa shape index (κ1) is 14.4. The number of urea groups is 1. The third-order valence-electron chi connectivity index (χ3n) is 2.19. The molecule has 1 aromatic rings. The molecule has 0 aromatic carbocycles. The molecule has 1 unspecified atom stereocenters. The molecular formula is C10H15N3O4S. The highest BCUT2D eigenvalue weighted by molar-refractivity contribution is 7.09. The number of amides is 2. The van der Waals surface area contributed by atoms with Gasteiger partial charge in [-0.1, -0.05) is 0 Å². The van der Waals surface area contributed by atoms with E-state index in [4.69, 9.17) is 10.2 Å². The van der Waals surface area contributed by atoms with Crippen LogP contribution in [-0.4, -0.2) is 51.8 Å². The molecule has 100 valence electrons. The molecule has 0 fully saturated rings. The molecule has 0 saturated heterocycles. The second-order valence-electron chi connectivity index (χ2n) is 3.74. The van der Waals surface area contributed by atoms with Crippen LogP contribution in [0.2, 0.25) is 0 Å². The van der Waals surface area contributed by atoms with Gasteiger partial charge >= 0.3 is 12.0 Å². The third kappa shape index (κ3) is 3.97. The van der Waals surface area contributed by atoms with Crippen molar-refractivity contribution in [2.75, 3.05) is 13.7 Å². The molecule has 0 bridgehead atoms. The number of carbonyl (C=O) groups is 2. The standard InChI is InChI=1S/C10H15N3O4S/c1-6-11-7(5-18-6)3-13(2)10(17)12-8(4-14)9(15)16/h5,8,14H,3-4H2,1-2H3,(H,12,17)(H,15,16). The zero-order chi connectivity index (χ0) is 13.7. The normalized spacial score (nSPS) is 11.9. The minimum absolute atomic E-state index is 0.286. The maximum atomic E-state index is 11.6. The summed E-state index contributed by atoms with van der Waals surface area (Å²) in [5, 5.41) is 22.4. The fraction of sp³-hybridized carbons (Fsp3) is 0.500. The van der Waals surface area contributed by atoms with E-state index in [0.29, 0.717) is 0 Å². The monoisotopic (exact) mass is 273 g/mol. The molecule has 0 spiro atoms. The lowest BCUT2D eigenvalue weighted by atomic mass is 10.3.